The van der Waals surface area contributed by atoms with E-state index < -0.39 is 41.0 Å². The van der Waals surface area contributed by atoms with E-state index in [9.17, 15) is 26.3 Å². The minimum absolute atomic E-state index is 0.0133. The van der Waals surface area contributed by atoms with Crippen molar-refractivity contribution in [3.63, 3.8) is 0 Å². The number of ether oxygens (including phenoxy) is 1. The Hall–Kier alpha value is -2.18. The number of alkyl halides is 3. The monoisotopic (exact) mass is 458 g/mol. The lowest BCUT2D eigenvalue weighted by Gasteiger charge is -2.30. The molecule has 176 valence electrons. The first-order chi connectivity index (χ1) is 15.2. The van der Waals surface area contributed by atoms with E-state index in [1.165, 1.54) is 31.4 Å². The summed E-state index contributed by atoms with van der Waals surface area (Å²) in [5.74, 6) is -5.18. The van der Waals surface area contributed by atoms with Crippen molar-refractivity contribution in [2.75, 3.05) is 0 Å². The third-order valence-corrected chi connectivity index (χ3v) is 6.29. The molecule has 1 aliphatic carbocycles. The van der Waals surface area contributed by atoms with Crippen LogP contribution in [0.4, 0.5) is 26.3 Å². The van der Waals surface area contributed by atoms with E-state index in [-0.39, 0.29) is 12.3 Å². The number of halogens is 6. The van der Waals surface area contributed by atoms with E-state index in [0.717, 1.165) is 37.8 Å². The Morgan fingerprint density at radius 3 is 2.12 bits per heavy atom. The number of benzene rings is 2. The second kappa shape index (κ2) is 10.6. The quantitative estimate of drug-likeness (QED) is 0.272. The van der Waals surface area contributed by atoms with Gasteiger partial charge in [-0.05, 0) is 42.4 Å². The summed E-state index contributed by atoms with van der Waals surface area (Å²) >= 11 is 0. The van der Waals surface area contributed by atoms with Gasteiger partial charge >= 0.3 is 6.11 Å². The zero-order valence-corrected chi connectivity index (χ0v) is 18.0. The summed E-state index contributed by atoms with van der Waals surface area (Å²) in [5.41, 5.74) is 0.0299. The smallest absolute Gasteiger partial charge is 0.426 e. The van der Waals surface area contributed by atoms with Crippen LogP contribution in [0.3, 0.4) is 0 Å². The number of hydrogen-bond donors (Lipinski definition) is 0. The highest BCUT2D eigenvalue weighted by molar-refractivity contribution is 5.29. The second-order valence-electron chi connectivity index (χ2n) is 8.66. The van der Waals surface area contributed by atoms with Crippen molar-refractivity contribution in [2.45, 2.75) is 70.6 Å². The molecule has 32 heavy (non-hydrogen) atoms. The van der Waals surface area contributed by atoms with Crippen molar-refractivity contribution in [3.8, 4) is 5.75 Å². The summed E-state index contributed by atoms with van der Waals surface area (Å²) in [5, 5.41) is 0. The van der Waals surface area contributed by atoms with Crippen molar-refractivity contribution in [1.82, 2.24) is 0 Å². The Balaban J connectivity index is 1.57. The van der Waals surface area contributed by atoms with Gasteiger partial charge in [-0.1, -0.05) is 51.2 Å². The van der Waals surface area contributed by atoms with Crippen molar-refractivity contribution in [2.24, 2.45) is 11.8 Å². The van der Waals surface area contributed by atoms with E-state index >= 15 is 0 Å². The summed E-state index contributed by atoms with van der Waals surface area (Å²) in [6.07, 6.45) is 2.57. The molecule has 1 unspecified atom stereocenters. The molecule has 0 bridgehead atoms. The van der Waals surface area contributed by atoms with Crippen LogP contribution in [0, 0.1) is 29.3 Å². The number of unbranched alkanes of at least 4 members (excludes halogenated alkanes) is 1. The lowest BCUT2D eigenvalue weighted by molar-refractivity contribution is -0.185. The molecule has 1 atom stereocenters. The normalized spacial score (nSPS) is 20.2. The molecular formula is C25H28F6O. The molecule has 0 heterocycles. The summed E-state index contributed by atoms with van der Waals surface area (Å²) in [4.78, 5) is 0. The predicted octanol–water partition coefficient (Wildman–Crippen LogP) is 8.11. The maximum Gasteiger partial charge on any atom is 0.426 e. The first-order valence-corrected chi connectivity index (χ1v) is 11.1. The molecule has 0 spiro atoms. The zero-order chi connectivity index (χ0) is 23.3. The molecule has 0 aliphatic heterocycles. The molecule has 0 saturated heterocycles. The van der Waals surface area contributed by atoms with Gasteiger partial charge in [0, 0.05) is 18.6 Å². The molecule has 0 N–H and O–H groups in total. The fourth-order valence-electron chi connectivity index (χ4n) is 4.36. The standard InChI is InChI=1S/C25H28F6O/c1-2-3-4-16-5-9-18(10-6-16)21(26)13-17-7-11-19(12-8-17)25(30,31)32-20-14-22(27)24(29)23(28)15-20/h7-8,11-12,14-16,18,21H,2-6,9-10,13H2,1H3. The Kier molecular flexibility index (Phi) is 8.12. The molecule has 7 heteroatoms. The summed E-state index contributed by atoms with van der Waals surface area (Å²) < 4.78 is 87.5. The van der Waals surface area contributed by atoms with E-state index in [1.54, 1.807) is 0 Å². The zero-order valence-electron chi connectivity index (χ0n) is 18.0. The summed E-state index contributed by atoms with van der Waals surface area (Å²) in [6.45, 7) is 2.17. The SMILES string of the molecule is CCCCC1CCC(C(F)Cc2ccc(C(F)(F)Oc3cc(F)c(F)c(F)c3)cc2)CC1. The Morgan fingerprint density at radius 1 is 0.969 bits per heavy atom. The molecule has 1 nitrogen and oxygen atoms in total. The predicted molar refractivity (Wildman–Crippen MR) is 111 cm³/mol. The highest BCUT2D eigenvalue weighted by Gasteiger charge is 2.35. The van der Waals surface area contributed by atoms with E-state index in [0.29, 0.717) is 23.6 Å². The highest BCUT2D eigenvalue weighted by Crippen LogP contribution is 2.36. The fourth-order valence-corrected chi connectivity index (χ4v) is 4.36. The van der Waals surface area contributed by atoms with Crippen molar-refractivity contribution in [3.05, 3.63) is 65.0 Å². The van der Waals surface area contributed by atoms with Crippen LogP contribution in [0.1, 0.15) is 63.0 Å². The largest absolute Gasteiger partial charge is 0.429 e. The van der Waals surface area contributed by atoms with Gasteiger partial charge < -0.3 is 4.74 Å². The van der Waals surface area contributed by atoms with Crippen LogP contribution in [-0.4, -0.2) is 6.17 Å². The third-order valence-electron chi connectivity index (χ3n) is 6.29. The second-order valence-corrected chi connectivity index (χ2v) is 8.66. The van der Waals surface area contributed by atoms with Crippen LogP contribution < -0.4 is 4.74 Å². The van der Waals surface area contributed by atoms with E-state index in [4.69, 9.17) is 0 Å². The molecule has 0 amide bonds. The first-order valence-electron chi connectivity index (χ1n) is 11.1. The Morgan fingerprint density at radius 2 is 1.56 bits per heavy atom. The molecule has 1 aliphatic rings. The Labute approximate surface area is 184 Å². The van der Waals surface area contributed by atoms with Crippen LogP contribution in [0.2, 0.25) is 0 Å². The lowest BCUT2D eigenvalue weighted by Crippen LogP contribution is -2.25. The van der Waals surface area contributed by atoms with Gasteiger partial charge in [-0.3, -0.25) is 0 Å². The van der Waals surface area contributed by atoms with Gasteiger partial charge in [-0.2, -0.15) is 8.78 Å². The van der Waals surface area contributed by atoms with E-state index in [2.05, 4.69) is 11.7 Å². The van der Waals surface area contributed by atoms with Gasteiger partial charge in [0.15, 0.2) is 17.5 Å². The average Bonchev–Trinajstić information content (AvgIpc) is 2.76. The molecule has 2 aromatic rings. The summed E-state index contributed by atoms with van der Waals surface area (Å²) in [7, 11) is 0. The molecular weight excluding hydrogens is 430 g/mol. The van der Waals surface area contributed by atoms with Crippen LogP contribution in [0.5, 0.6) is 5.75 Å². The van der Waals surface area contributed by atoms with Crippen LogP contribution in [-0.2, 0) is 12.5 Å². The van der Waals surface area contributed by atoms with Gasteiger partial charge in [0.25, 0.3) is 0 Å². The fraction of sp³-hybridized carbons (Fsp3) is 0.520. The maximum absolute atomic E-state index is 14.8. The van der Waals surface area contributed by atoms with Crippen molar-refractivity contribution in [1.29, 1.82) is 0 Å². The van der Waals surface area contributed by atoms with Crippen LogP contribution >= 0.6 is 0 Å². The van der Waals surface area contributed by atoms with Crippen LogP contribution in [0.25, 0.3) is 0 Å². The summed E-state index contributed by atoms with van der Waals surface area (Å²) in [6, 6.07) is 5.70. The van der Waals surface area contributed by atoms with Crippen molar-refractivity contribution < 1.29 is 31.1 Å². The van der Waals surface area contributed by atoms with Gasteiger partial charge in [0.1, 0.15) is 11.9 Å². The first kappa shape index (κ1) is 24.5. The molecule has 1 saturated carbocycles. The molecule has 0 radical (unpaired) electrons. The molecule has 3 rings (SSSR count). The van der Waals surface area contributed by atoms with Gasteiger partial charge in [-0.25, -0.2) is 17.6 Å². The highest BCUT2D eigenvalue weighted by atomic mass is 19.3. The van der Waals surface area contributed by atoms with Gasteiger partial charge in [-0.15, -0.1) is 0 Å². The lowest BCUT2D eigenvalue weighted by atomic mass is 9.77. The van der Waals surface area contributed by atoms with E-state index in [1.807, 2.05) is 0 Å². The maximum atomic E-state index is 14.8. The minimum atomic E-state index is -3.90. The third kappa shape index (κ3) is 6.20. The molecule has 0 aromatic heterocycles. The van der Waals surface area contributed by atoms with Crippen molar-refractivity contribution >= 4 is 0 Å². The number of hydrogen-bond acceptors (Lipinski definition) is 1. The minimum Gasteiger partial charge on any atom is -0.429 e. The topological polar surface area (TPSA) is 9.23 Å². The molecule has 1 fully saturated rings. The van der Waals surface area contributed by atoms with Gasteiger partial charge in [0.2, 0.25) is 0 Å². The van der Waals surface area contributed by atoms with Crippen LogP contribution in [0.15, 0.2) is 36.4 Å². The van der Waals surface area contributed by atoms with Gasteiger partial charge in [0.05, 0.1) is 5.56 Å². The average molecular weight is 458 g/mol. The Bertz CT molecular complexity index is 851. The molecule has 2 aromatic carbocycles. The number of rotatable bonds is 9.